The topological polar surface area (TPSA) is 9.23 Å². The predicted octanol–water partition coefficient (Wildman–Crippen LogP) is 11.3. The average Bonchev–Trinajstić information content (AvgIpc) is 3.02. The lowest BCUT2D eigenvalue weighted by molar-refractivity contribution is 0.247. The normalized spacial score (nSPS) is 17.1. The molecule has 2 aliphatic rings. The lowest BCUT2D eigenvalue weighted by Crippen LogP contribution is -2.18. The number of ether oxygens (including phenoxy) is 1. The molecule has 6 rings (SSSR count). The summed E-state index contributed by atoms with van der Waals surface area (Å²) in [5.41, 5.74) is 8.58. The van der Waals surface area contributed by atoms with Gasteiger partial charge in [0.25, 0.3) is 0 Å². The third-order valence-corrected chi connectivity index (χ3v) is 9.55. The van der Waals surface area contributed by atoms with Gasteiger partial charge in [0.15, 0.2) is 0 Å². The number of hydrogen-bond acceptors (Lipinski definition) is 2. The summed E-state index contributed by atoms with van der Waals surface area (Å²) in [5.74, 6) is 5.14. The molecule has 0 spiro atoms. The van der Waals surface area contributed by atoms with Gasteiger partial charge in [0.05, 0.1) is 6.61 Å². The Kier molecular flexibility index (Phi) is 12.2. The van der Waals surface area contributed by atoms with Crippen molar-refractivity contribution in [2.75, 3.05) is 12.4 Å². The van der Waals surface area contributed by atoms with Crippen LogP contribution in [0, 0.1) is 11.8 Å². The van der Waals surface area contributed by atoms with Gasteiger partial charge in [-0.25, -0.2) is 0 Å². The molecule has 42 heavy (non-hydrogen) atoms. The zero-order valence-corrected chi connectivity index (χ0v) is 27.4. The zero-order valence-electron chi connectivity index (χ0n) is 26.6. The van der Waals surface area contributed by atoms with Crippen molar-refractivity contribution in [2.24, 2.45) is 11.8 Å². The second kappa shape index (κ2) is 16.0. The van der Waals surface area contributed by atoms with Crippen molar-refractivity contribution < 1.29 is 4.74 Å². The van der Waals surface area contributed by atoms with E-state index in [9.17, 15) is 0 Å². The van der Waals surface area contributed by atoms with Crippen LogP contribution in [0.2, 0.25) is 0 Å². The zero-order chi connectivity index (χ0) is 29.9. The standard InChI is InChI=1S/C19H22O.C19H22S.C2H6/c2*1-14(2)17-10-11-20-19-9-8-16(13-18(17)19)12-15-6-4-3-5-7-15;1-2/h2*3-9,13-14,17H,10-12H2,1-2H3;1-2H3. The maximum atomic E-state index is 5.81. The van der Waals surface area contributed by atoms with Gasteiger partial charge in [-0.2, -0.15) is 0 Å². The number of hydrogen-bond donors (Lipinski definition) is 0. The van der Waals surface area contributed by atoms with Crippen molar-refractivity contribution >= 4 is 11.8 Å². The van der Waals surface area contributed by atoms with E-state index in [0.717, 1.165) is 43.5 Å². The average molecular weight is 579 g/mol. The summed E-state index contributed by atoms with van der Waals surface area (Å²) in [5, 5.41) is 0. The van der Waals surface area contributed by atoms with Gasteiger partial charge in [0.1, 0.15) is 5.75 Å². The molecule has 0 N–H and O–H groups in total. The van der Waals surface area contributed by atoms with Crippen molar-refractivity contribution in [1.82, 2.24) is 0 Å². The van der Waals surface area contributed by atoms with E-state index in [2.05, 4.69) is 125 Å². The monoisotopic (exact) mass is 578 g/mol. The highest BCUT2D eigenvalue weighted by Crippen LogP contribution is 2.42. The Morgan fingerprint density at radius 3 is 1.71 bits per heavy atom. The highest BCUT2D eigenvalue weighted by atomic mass is 32.2. The van der Waals surface area contributed by atoms with E-state index in [0.29, 0.717) is 11.8 Å². The molecule has 0 amide bonds. The quantitative estimate of drug-likeness (QED) is 0.225. The Bertz CT molecular complexity index is 1250. The summed E-state index contributed by atoms with van der Waals surface area (Å²) in [4.78, 5) is 1.51. The molecule has 0 fully saturated rings. The summed E-state index contributed by atoms with van der Waals surface area (Å²) in [6, 6.07) is 35.2. The Hall–Kier alpha value is -2.97. The van der Waals surface area contributed by atoms with Gasteiger partial charge in [-0.05, 0) is 101 Å². The van der Waals surface area contributed by atoms with Crippen molar-refractivity contribution in [3.63, 3.8) is 0 Å². The molecule has 2 unspecified atom stereocenters. The molecule has 0 bridgehead atoms. The first kappa shape index (κ1) is 32.0. The van der Waals surface area contributed by atoms with Crippen LogP contribution >= 0.6 is 11.8 Å². The number of rotatable bonds is 6. The van der Waals surface area contributed by atoms with Crippen LogP contribution in [0.15, 0.2) is 102 Å². The molecule has 0 saturated heterocycles. The molecule has 2 atom stereocenters. The molecule has 2 heteroatoms. The number of fused-ring (bicyclic) bond motifs is 2. The van der Waals surface area contributed by atoms with Crippen LogP contribution in [-0.4, -0.2) is 12.4 Å². The summed E-state index contributed by atoms with van der Waals surface area (Å²) >= 11 is 2.02. The highest BCUT2D eigenvalue weighted by molar-refractivity contribution is 7.99. The van der Waals surface area contributed by atoms with Crippen LogP contribution in [-0.2, 0) is 12.8 Å². The third kappa shape index (κ3) is 8.54. The summed E-state index contributed by atoms with van der Waals surface area (Å²) in [7, 11) is 0. The molecule has 0 aliphatic carbocycles. The molecular weight excluding hydrogens is 529 g/mol. The Morgan fingerprint density at radius 2 is 1.14 bits per heavy atom. The van der Waals surface area contributed by atoms with Gasteiger partial charge >= 0.3 is 0 Å². The van der Waals surface area contributed by atoms with Gasteiger partial charge in [-0.15, -0.1) is 11.8 Å². The van der Waals surface area contributed by atoms with Crippen molar-refractivity contribution in [3.05, 3.63) is 130 Å². The Labute approximate surface area is 260 Å². The molecule has 0 aromatic heterocycles. The van der Waals surface area contributed by atoms with Crippen LogP contribution < -0.4 is 4.74 Å². The lowest BCUT2D eigenvalue weighted by atomic mass is 9.83. The first-order chi connectivity index (χ1) is 20.5. The minimum absolute atomic E-state index is 0.634. The van der Waals surface area contributed by atoms with Crippen molar-refractivity contribution in [3.8, 4) is 5.75 Å². The van der Waals surface area contributed by atoms with E-state index in [1.165, 1.54) is 44.9 Å². The molecule has 2 aliphatic heterocycles. The SMILES string of the molecule is CC.CC(C)C1CCOc2ccc(Cc3ccccc3)cc21.CC(C)C1CCSc2ccc(Cc3ccccc3)cc21. The molecule has 222 valence electrons. The fraction of sp³-hybridized carbons (Fsp3) is 0.400. The van der Waals surface area contributed by atoms with Crippen LogP contribution in [0.3, 0.4) is 0 Å². The molecule has 1 nitrogen and oxygen atoms in total. The van der Waals surface area contributed by atoms with E-state index in [1.807, 2.05) is 25.6 Å². The maximum Gasteiger partial charge on any atom is 0.122 e. The van der Waals surface area contributed by atoms with Crippen LogP contribution in [0.1, 0.15) is 99.6 Å². The van der Waals surface area contributed by atoms with Crippen molar-refractivity contribution in [2.45, 2.75) is 84.0 Å². The fourth-order valence-electron chi connectivity index (χ4n) is 6.21. The van der Waals surface area contributed by atoms with E-state index in [4.69, 9.17) is 4.74 Å². The Balaban J connectivity index is 0.000000182. The molecule has 4 aromatic rings. The minimum Gasteiger partial charge on any atom is -0.493 e. The summed E-state index contributed by atoms with van der Waals surface area (Å²) < 4.78 is 5.81. The second-order valence-corrected chi connectivity index (χ2v) is 13.2. The predicted molar refractivity (Wildman–Crippen MR) is 183 cm³/mol. The smallest absolute Gasteiger partial charge is 0.122 e. The maximum absolute atomic E-state index is 5.81. The van der Waals surface area contributed by atoms with E-state index < -0.39 is 0 Å². The minimum atomic E-state index is 0.634. The second-order valence-electron chi connectivity index (χ2n) is 12.0. The van der Waals surface area contributed by atoms with Gasteiger partial charge < -0.3 is 4.74 Å². The summed E-state index contributed by atoms with van der Waals surface area (Å²) in [6.07, 6.45) is 4.51. The third-order valence-electron chi connectivity index (χ3n) is 8.43. The molecule has 0 saturated carbocycles. The first-order valence-electron chi connectivity index (χ1n) is 16.1. The van der Waals surface area contributed by atoms with Crippen LogP contribution in [0.25, 0.3) is 0 Å². The highest BCUT2D eigenvalue weighted by Gasteiger charge is 2.25. The van der Waals surface area contributed by atoms with E-state index >= 15 is 0 Å². The van der Waals surface area contributed by atoms with Gasteiger partial charge in [-0.1, -0.05) is 126 Å². The van der Waals surface area contributed by atoms with Gasteiger partial charge in [0, 0.05) is 4.90 Å². The van der Waals surface area contributed by atoms with Crippen LogP contribution in [0.5, 0.6) is 5.75 Å². The Morgan fingerprint density at radius 1 is 0.619 bits per heavy atom. The molecule has 4 aromatic carbocycles. The van der Waals surface area contributed by atoms with Crippen molar-refractivity contribution in [1.29, 1.82) is 0 Å². The van der Waals surface area contributed by atoms with Gasteiger partial charge in [0.2, 0.25) is 0 Å². The number of thioether (sulfide) groups is 1. The first-order valence-corrected chi connectivity index (χ1v) is 17.1. The van der Waals surface area contributed by atoms with E-state index in [-0.39, 0.29) is 0 Å². The van der Waals surface area contributed by atoms with E-state index in [1.54, 1.807) is 5.56 Å². The molecule has 0 radical (unpaired) electrons. The van der Waals surface area contributed by atoms with Crippen LogP contribution in [0.4, 0.5) is 0 Å². The molecule has 2 heterocycles. The lowest BCUT2D eigenvalue weighted by Gasteiger charge is -2.29. The fourth-order valence-corrected chi connectivity index (χ4v) is 7.34. The number of benzene rings is 4. The largest absolute Gasteiger partial charge is 0.493 e. The van der Waals surface area contributed by atoms with Gasteiger partial charge in [-0.3, -0.25) is 0 Å². The summed E-state index contributed by atoms with van der Waals surface area (Å²) in [6.45, 7) is 14.2. The molecular formula is C40H50OS.